The Morgan fingerprint density at radius 3 is 2.54 bits per heavy atom. The van der Waals surface area contributed by atoms with Crippen LogP contribution in [0, 0.1) is 23.7 Å². The van der Waals surface area contributed by atoms with Crippen LogP contribution in [0.15, 0.2) is 30.4 Å². The molecular weight excluding hydrogens is 855 g/mol. The molecule has 5 aliphatic rings. The number of halogens is 4. The fourth-order valence-corrected chi connectivity index (χ4v) is 10.3. The van der Waals surface area contributed by atoms with Crippen molar-refractivity contribution in [2.45, 2.75) is 120 Å². The zero-order valence-electron chi connectivity index (χ0n) is 35.9. The van der Waals surface area contributed by atoms with Crippen LogP contribution in [-0.4, -0.2) is 110 Å². The highest BCUT2D eigenvalue weighted by molar-refractivity contribution is 7.91. The average molecular weight is 910 g/mol. The fourth-order valence-electron chi connectivity index (χ4n) is 8.86. The highest BCUT2D eigenvalue weighted by Crippen LogP contribution is 2.48. The molecule has 7 unspecified atom stereocenters. The number of allylic oxidation sites excluding steroid dienone is 1. The van der Waals surface area contributed by atoms with Gasteiger partial charge in [0.05, 0.1) is 26.2 Å². The monoisotopic (exact) mass is 909 g/mol. The van der Waals surface area contributed by atoms with Crippen molar-refractivity contribution in [3.8, 4) is 17.5 Å². The van der Waals surface area contributed by atoms with Gasteiger partial charge in [-0.2, -0.15) is 18.2 Å². The molecule has 3 aliphatic heterocycles. The topological polar surface area (TPSA) is 192 Å². The van der Waals surface area contributed by atoms with Crippen molar-refractivity contribution in [3.05, 3.63) is 35.9 Å². The van der Waals surface area contributed by atoms with Gasteiger partial charge >= 0.3 is 12.3 Å². The van der Waals surface area contributed by atoms with Crippen LogP contribution in [0.4, 0.5) is 22.4 Å². The van der Waals surface area contributed by atoms with Crippen LogP contribution in [0.3, 0.4) is 0 Å². The Morgan fingerprint density at radius 1 is 1.11 bits per heavy atom. The minimum Gasteiger partial charge on any atom is -0.497 e. The summed E-state index contributed by atoms with van der Waals surface area (Å²) in [6.45, 7) is 3.79. The van der Waals surface area contributed by atoms with Gasteiger partial charge in [0.1, 0.15) is 34.9 Å². The highest BCUT2D eigenvalue weighted by Gasteiger charge is 2.64. The number of methoxy groups -OCH3 is 1. The number of alkyl carbamates (subject to hydrolysis) is 1. The number of carbonyl (C=O) groups excluding carboxylic acids is 4. The Hall–Kier alpha value is -4.88. The molecule has 3 N–H and O–H groups in total. The van der Waals surface area contributed by atoms with Gasteiger partial charge in [0.2, 0.25) is 39.2 Å². The first-order valence-electron chi connectivity index (χ1n) is 21.4. The Morgan fingerprint density at radius 2 is 1.86 bits per heavy atom. The molecule has 15 nitrogen and oxygen atoms in total. The molecule has 0 bridgehead atoms. The van der Waals surface area contributed by atoms with E-state index in [1.165, 1.54) is 4.90 Å². The largest absolute Gasteiger partial charge is 0.497 e. The van der Waals surface area contributed by atoms with Gasteiger partial charge in [-0.3, -0.25) is 19.1 Å². The van der Waals surface area contributed by atoms with Crippen LogP contribution in [0.5, 0.6) is 17.5 Å². The first kappa shape index (κ1) is 46.1. The van der Waals surface area contributed by atoms with Crippen LogP contribution >= 0.6 is 0 Å². The van der Waals surface area contributed by atoms with Crippen molar-refractivity contribution in [1.29, 1.82) is 0 Å². The predicted octanol–water partition coefficient (Wildman–Crippen LogP) is 5.44. The van der Waals surface area contributed by atoms with E-state index in [1.807, 2.05) is 23.8 Å². The van der Waals surface area contributed by atoms with E-state index in [2.05, 4.69) is 10.6 Å². The van der Waals surface area contributed by atoms with E-state index < -0.39 is 99.0 Å². The lowest BCUT2D eigenvalue weighted by atomic mass is 9.83. The summed E-state index contributed by atoms with van der Waals surface area (Å²) in [5.74, 6) is -3.48. The Labute approximate surface area is 363 Å². The van der Waals surface area contributed by atoms with Crippen molar-refractivity contribution in [2.24, 2.45) is 23.7 Å². The average Bonchev–Trinajstić information content (AvgIpc) is 4.13. The lowest BCUT2D eigenvalue weighted by Gasteiger charge is -2.33. The molecule has 7 rings (SSSR count). The zero-order chi connectivity index (χ0) is 45.7. The molecule has 1 aromatic carbocycles. The van der Waals surface area contributed by atoms with Crippen LogP contribution in [-0.2, 0) is 35.6 Å². The number of benzene rings is 1. The number of rotatable bonds is 10. The maximum Gasteiger partial charge on any atom is 0.427 e. The quantitative estimate of drug-likeness (QED) is 0.203. The Balaban J connectivity index is 1.23. The van der Waals surface area contributed by atoms with E-state index in [-0.39, 0.29) is 44.0 Å². The summed E-state index contributed by atoms with van der Waals surface area (Å²) in [5.41, 5.74) is -3.72. The smallest absolute Gasteiger partial charge is 0.427 e. The molecule has 0 radical (unpaired) electrons. The molecule has 3 fully saturated rings. The third-order valence-corrected chi connectivity index (χ3v) is 15.4. The molecule has 2 aliphatic carbocycles. The number of sulfonamides is 1. The summed E-state index contributed by atoms with van der Waals surface area (Å²) in [6.07, 6.45) is -0.517. The number of aromatic nitrogens is 1. The number of nitrogens with zero attached hydrogens (tertiary/aromatic N) is 2. The number of amides is 4. The van der Waals surface area contributed by atoms with Crippen molar-refractivity contribution in [2.75, 3.05) is 33.5 Å². The summed E-state index contributed by atoms with van der Waals surface area (Å²) < 4.78 is 104. The van der Waals surface area contributed by atoms with Crippen LogP contribution in [0.1, 0.15) is 84.6 Å². The zero-order valence-corrected chi connectivity index (χ0v) is 36.8. The van der Waals surface area contributed by atoms with Crippen molar-refractivity contribution < 1.29 is 64.1 Å². The highest BCUT2D eigenvalue weighted by atomic mass is 32.2. The van der Waals surface area contributed by atoms with E-state index in [1.54, 1.807) is 32.2 Å². The van der Waals surface area contributed by atoms with Gasteiger partial charge in [0.25, 0.3) is 5.91 Å². The molecule has 1 saturated heterocycles. The molecule has 1 aromatic heterocycles. The van der Waals surface area contributed by atoms with Gasteiger partial charge in [0.15, 0.2) is 0 Å². The van der Waals surface area contributed by atoms with Gasteiger partial charge in [0, 0.05) is 29.8 Å². The molecule has 4 amide bonds. The van der Waals surface area contributed by atoms with Gasteiger partial charge in [-0.05, 0) is 101 Å². The second-order valence-corrected chi connectivity index (χ2v) is 20.4. The first-order valence-corrected chi connectivity index (χ1v) is 22.9. The SMILES string of the molecule is COc1ccc2c(OC3CC4C(=O)NC5(C(=O)NS(=O)(=O)C6(CF)CC6)CC5C=CCCC(C)CC(C)C(CNC(=O)OC(C)(C)C(F)(F)F)C(=O)N4C3)nc3c(c2c1)CCCO3. The summed E-state index contributed by atoms with van der Waals surface area (Å²) in [4.78, 5) is 62.5. The fraction of sp³-hybridized carbons (Fsp3) is 0.651. The summed E-state index contributed by atoms with van der Waals surface area (Å²) in [5, 5.41) is 6.54. The number of alkyl halides is 4. The lowest BCUT2D eigenvalue weighted by Crippen LogP contribution is -2.58. The minimum absolute atomic E-state index is 0.00319. The summed E-state index contributed by atoms with van der Waals surface area (Å²) in [6, 6.07) is 4.06. The van der Waals surface area contributed by atoms with Crippen LogP contribution in [0.25, 0.3) is 10.8 Å². The number of nitrogens with one attached hydrogen (secondary N) is 3. The normalized spacial score (nSPS) is 28.5. The Bertz CT molecular complexity index is 2270. The van der Waals surface area contributed by atoms with E-state index in [9.17, 15) is 45.2 Å². The minimum atomic E-state index is -4.88. The van der Waals surface area contributed by atoms with E-state index in [0.29, 0.717) is 63.2 Å². The maximum absolute atomic E-state index is 15.0. The number of aryl methyl sites for hydroxylation is 1. The molecule has 2 saturated carbocycles. The van der Waals surface area contributed by atoms with Gasteiger partial charge < -0.3 is 34.5 Å². The molecule has 2 aromatic rings. The molecule has 346 valence electrons. The number of ether oxygens (including phenoxy) is 4. The van der Waals surface area contributed by atoms with E-state index in [4.69, 9.17) is 23.9 Å². The Kier molecular flexibility index (Phi) is 12.6. The standard InChI is InChI=1S/C43H55F4N5O10S/c1-24-9-6-7-10-26-20-42(26,38(55)51-63(57,58)41(23-44)14-15-41)50-34(53)33-19-28(61-36-30-13-12-27(59-5)18-31(30)29-11-8-16-60-35(29)49-36)22-52(33)37(54)32(25(2)17-24)21-48-39(56)62-40(3,4)43(45,46)47/h7,10,12-13,18,24-26,28,32-33H,6,8-9,11,14-17,19-23H2,1-5H3,(H,48,56)(H,50,53)(H,51,55). The first-order chi connectivity index (χ1) is 29.6. The van der Waals surface area contributed by atoms with Crippen LogP contribution < -0.4 is 29.6 Å². The number of pyridine rings is 1. The molecule has 20 heteroatoms. The van der Waals surface area contributed by atoms with Gasteiger partial charge in [-0.25, -0.2) is 17.6 Å². The van der Waals surface area contributed by atoms with Crippen LogP contribution in [0.2, 0.25) is 0 Å². The van der Waals surface area contributed by atoms with E-state index >= 15 is 0 Å². The molecule has 4 heterocycles. The summed E-state index contributed by atoms with van der Waals surface area (Å²) in [7, 11) is -2.92. The molecule has 63 heavy (non-hydrogen) atoms. The van der Waals surface area contributed by atoms with Crippen molar-refractivity contribution in [3.63, 3.8) is 0 Å². The number of fused-ring (bicyclic) bond motifs is 5. The lowest BCUT2D eigenvalue weighted by molar-refractivity contribution is -0.243. The third-order valence-electron chi connectivity index (χ3n) is 13.3. The van der Waals surface area contributed by atoms with E-state index in [0.717, 1.165) is 17.4 Å². The van der Waals surface area contributed by atoms with Gasteiger partial charge in [-0.15, -0.1) is 0 Å². The van der Waals surface area contributed by atoms with Gasteiger partial charge in [-0.1, -0.05) is 26.0 Å². The number of hydrogen-bond donors (Lipinski definition) is 3. The predicted molar refractivity (Wildman–Crippen MR) is 220 cm³/mol. The molecule has 0 spiro atoms. The van der Waals surface area contributed by atoms with Crippen molar-refractivity contribution >= 4 is 44.6 Å². The molecular formula is C43H55F4N5O10S. The third kappa shape index (κ3) is 9.23. The second-order valence-electron chi connectivity index (χ2n) is 18.3. The van der Waals surface area contributed by atoms with Crippen molar-refractivity contribution in [1.82, 2.24) is 25.2 Å². The number of hydrogen-bond acceptors (Lipinski definition) is 11. The molecule has 7 atom stereocenters. The maximum atomic E-state index is 15.0. The summed E-state index contributed by atoms with van der Waals surface area (Å²) >= 11 is 0. The second kappa shape index (κ2) is 17.3. The number of carbonyl (C=O) groups is 4.